The van der Waals surface area contributed by atoms with Gasteiger partial charge in [-0.05, 0) is 19.1 Å². The third-order valence-electron chi connectivity index (χ3n) is 3.93. The number of carbonyl (C=O) groups excluding carboxylic acids is 1. The van der Waals surface area contributed by atoms with Gasteiger partial charge in [0.25, 0.3) is 5.91 Å². The highest BCUT2D eigenvalue weighted by molar-refractivity contribution is 5.94. The van der Waals surface area contributed by atoms with E-state index in [1.807, 2.05) is 38.4 Å². The molecule has 0 aliphatic carbocycles. The zero-order valence-electron chi connectivity index (χ0n) is 14.7. The van der Waals surface area contributed by atoms with Gasteiger partial charge in [0.05, 0.1) is 11.3 Å². The van der Waals surface area contributed by atoms with Gasteiger partial charge >= 0.3 is 0 Å². The quantitative estimate of drug-likeness (QED) is 0.893. The van der Waals surface area contributed by atoms with Crippen molar-refractivity contribution in [1.82, 2.24) is 15.3 Å². The maximum atomic E-state index is 12.3. The van der Waals surface area contributed by atoms with Crippen LogP contribution in [0.1, 0.15) is 22.5 Å². The minimum atomic E-state index is -0.181. The van der Waals surface area contributed by atoms with E-state index in [9.17, 15) is 4.79 Å². The molecule has 0 fully saturated rings. The highest BCUT2D eigenvalue weighted by Gasteiger charge is 2.20. The number of para-hydroxylation sites is 2. The Bertz CT molecular complexity index is 764. The summed E-state index contributed by atoms with van der Waals surface area (Å²) in [4.78, 5) is 22.6. The summed E-state index contributed by atoms with van der Waals surface area (Å²) in [6, 6.07) is 7.59. The summed E-state index contributed by atoms with van der Waals surface area (Å²) in [5.74, 6) is 1.91. The maximum absolute atomic E-state index is 12.3. The molecule has 132 valence electrons. The molecule has 0 spiro atoms. The van der Waals surface area contributed by atoms with Crippen LogP contribution in [0.4, 0.5) is 5.95 Å². The highest BCUT2D eigenvalue weighted by Crippen LogP contribution is 2.31. The molecule has 3 rings (SSSR count). The van der Waals surface area contributed by atoms with Crippen LogP contribution in [0.2, 0.25) is 0 Å². The standard InChI is InChI=1S/C18H22N4O3/c1-12-14(10-20-18(21-12)22(2)3)17(23)19-9-8-13-11-24-15-6-4-5-7-16(15)25-13/h4-7,10,13H,8-9,11H2,1-3H3,(H,19,23)/t13-/m0/s1. The molecule has 1 aliphatic heterocycles. The lowest BCUT2D eigenvalue weighted by Gasteiger charge is -2.26. The van der Waals surface area contributed by atoms with Crippen LogP contribution in [-0.4, -0.2) is 49.2 Å². The van der Waals surface area contributed by atoms with Gasteiger partial charge in [-0.15, -0.1) is 0 Å². The molecule has 1 aliphatic rings. The molecule has 2 heterocycles. The van der Waals surface area contributed by atoms with Gasteiger partial charge in [0.2, 0.25) is 5.95 Å². The number of rotatable bonds is 5. The number of aryl methyl sites for hydroxylation is 1. The van der Waals surface area contributed by atoms with Crippen LogP contribution in [0.3, 0.4) is 0 Å². The molecule has 1 amide bonds. The zero-order valence-corrected chi connectivity index (χ0v) is 14.7. The Morgan fingerprint density at radius 1 is 1.32 bits per heavy atom. The van der Waals surface area contributed by atoms with Crippen LogP contribution >= 0.6 is 0 Å². The van der Waals surface area contributed by atoms with Crippen molar-refractivity contribution in [3.63, 3.8) is 0 Å². The van der Waals surface area contributed by atoms with E-state index in [1.54, 1.807) is 18.0 Å². The Hall–Kier alpha value is -2.83. The van der Waals surface area contributed by atoms with Crippen LogP contribution < -0.4 is 19.7 Å². The number of carbonyl (C=O) groups is 1. The molecular weight excluding hydrogens is 320 g/mol. The number of benzene rings is 1. The van der Waals surface area contributed by atoms with Crippen LogP contribution in [0.5, 0.6) is 11.5 Å². The highest BCUT2D eigenvalue weighted by atomic mass is 16.6. The first-order valence-corrected chi connectivity index (χ1v) is 8.22. The van der Waals surface area contributed by atoms with E-state index in [0.29, 0.717) is 36.8 Å². The third-order valence-corrected chi connectivity index (χ3v) is 3.93. The molecule has 25 heavy (non-hydrogen) atoms. The molecule has 0 radical (unpaired) electrons. The Kier molecular flexibility index (Phi) is 5.02. The fraction of sp³-hybridized carbons (Fsp3) is 0.389. The lowest BCUT2D eigenvalue weighted by atomic mass is 10.2. The van der Waals surface area contributed by atoms with Crippen molar-refractivity contribution in [3.05, 3.63) is 41.7 Å². The summed E-state index contributed by atoms with van der Waals surface area (Å²) in [6.07, 6.45) is 2.14. The molecule has 0 bridgehead atoms. The van der Waals surface area contributed by atoms with Crippen molar-refractivity contribution in [2.24, 2.45) is 0 Å². The SMILES string of the molecule is Cc1nc(N(C)C)ncc1C(=O)NCC[C@H]1COc2ccccc2O1. The molecule has 2 aromatic rings. The van der Waals surface area contributed by atoms with Crippen molar-refractivity contribution in [2.45, 2.75) is 19.4 Å². The van der Waals surface area contributed by atoms with Gasteiger partial charge in [0, 0.05) is 33.3 Å². The van der Waals surface area contributed by atoms with Crippen molar-refractivity contribution in [2.75, 3.05) is 32.1 Å². The largest absolute Gasteiger partial charge is 0.486 e. The van der Waals surface area contributed by atoms with Crippen LogP contribution in [0, 0.1) is 6.92 Å². The summed E-state index contributed by atoms with van der Waals surface area (Å²) in [7, 11) is 3.72. The van der Waals surface area contributed by atoms with Gasteiger partial charge < -0.3 is 19.7 Å². The van der Waals surface area contributed by atoms with Crippen molar-refractivity contribution in [3.8, 4) is 11.5 Å². The van der Waals surface area contributed by atoms with E-state index < -0.39 is 0 Å². The smallest absolute Gasteiger partial charge is 0.254 e. The molecule has 1 aromatic carbocycles. The third kappa shape index (κ3) is 3.99. The second-order valence-electron chi connectivity index (χ2n) is 6.11. The first-order valence-electron chi connectivity index (χ1n) is 8.22. The van der Waals surface area contributed by atoms with Gasteiger partial charge in [0.1, 0.15) is 12.7 Å². The lowest BCUT2D eigenvalue weighted by molar-refractivity contribution is 0.0812. The van der Waals surface area contributed by atoms with Crippen LogP contribution in [0.15, 0.2) is 30.5 Å². The number of hydrogen-bond acceptors (Lipinski definition) is 6. The van der Waals surface area contributed by atoms with E-state index in [1.165, 1.54) is 0 Å². The van der Waals surface area contributed by atoms with Gasteiger partial charge in [0.15, 0.2) is 11.5 Å². The van der Waals surface area contributed by atoms with Gasteiger partial charge in [-0.25, -0.2) is 9.97 Å². The van der Waals surface area contributed by atoms with Gasteiger partial charge in [-0.1, -0.05) is 12.1 Å². The Morgan fingerprint density at radius 2 is 2.08 bits per heavy atom. The number of ether oxygens (including phenoxy) is 2. The first-order chi connectivity index (χ1) is 12.0. The number of fused-ring (bicyclic) bond motifs is 1. The summed E-state index contributed by atoms with van der Waals surface area (Å²) < 4.78 is 11.5. The van der Waals surface area contributed by atoms with Gasteiger partial charge in [-0.2, -0.15) is 0 Å². The predicted octanol–water partition coefficient (Wildman–Crippen LogP) is 1.81. The molecule has 0 saturated heterocycles. The first kappa shape index (κ1) is 17.0. The number of nitrogens with one attached hydrogen (secondary N) is 1. The number of aromatic nitrogens is 2. The molecule has 7 nitrogen and oxygen atoms in total. The van der Waals surface area contributed by atoms with E-state index in [-0.39, 0.29) is 12.0 Å². The second kappa shape index (κ2) is 7.38. The van der Waals surface area contributed by atoms with Crippen molar-refractivity contribution in [1.29, 1.82) is 0 Å². The number of nitrogens with zero attached hydrogens (tertiary/aromatic N) is 3. The molecule has 1 N–H and O–H groups in total. The zero-order chi connectivity index (χ0) is 17.8. The van der Waals surface area contributed by atoms with Crippen LogP contribution in [0.25, 0.3) is 0 Å². The minimum Gasteiger partial charge on any atom is -0.486 e. The number of amides is 1. The second-order valence-corrected chi connectivity index (χ2v) is 6.11. The minimum absolute atomic E-state index is 0.0799. The number of anilines is 1. The maximum Gasteiger partial charge on any atom is 0.254 e. The van der Waals surface area contributed by atoms with E-state index >= 15 is 0 Å². The van der Waals surface area contributed by atoms with Crippen LogP contribution in [-0.2, 0) is 0 Å². The van der Waals surface area contributed by atoms with E-state index in [2.05, 4.69) is 15.3 Å². The Balaban J connectivity index is 1.52. The normalized spacial score (nSPS) is 15.6. The molecule has 1 atom stereocenters. The monoisotopic (exact) mass is 342 g/mol. The van der Waals surface area contributed by atoms with E-state index in [4.69, 9.17) is 9.47 Å². The summed E-state index contributed by atoms with van der Waals surface area (Å²) in [6.45, 7) is 2.77. The summed E-state index contributed by atoms with van der Waals surface area (Å²) in [5, 5.41) is 2.89. The Labute approximate surface area is 147 Å². The molecule has 0 unspecified atom stereocenters. The number of hydrogen-bond donors (Lipinski definition) is 1. The topological polar surface area (TPSA) is 76.6 Å². The molecule has 7 heteroatoms. The molecular formula is C18H22N4O3. The summed E-state index contributed by atoms with van der Waals surface area (Å²) in [5.41, 5.74) is 1.14. The lowest BCUT2D eigenvalue weighted by Crippen LogP contribution is -2.34. The van der Waals surface area contributed by atoms with E-state index in [0.717, 1.165) is 11.5 Å². The van der Waals surface area contributed by atoms with Crippen molar-refractivity contribution < 1.29 is 14.3 Å². The fourth-order valence-electron chi connectivity index (χ4n) is 2.54. The van der Waals surface area contributed by atoms with Gasteiger partial charge in [-0.3, -0.25) is 4.79 Å². The molecule has 1 aromatic heterocycles. The Morgan fingerprint density at radius 3 is 2.80 bits per heavy atom. The fourth-order valence-corrected chi connectivity index (χ4v) is 2.54. The predicted molar refractivity (Wildman–Crippen MR) is 94.4 cm³/mol. The average Bonchev–Trinajstić information content (AvgIpc) is 2.61. The average molecular weight is 342 g/mol. The molecule has 0 saturated carbocycles. The summed E-state index contributed by atoms with van der Waals surface area (Å²) >= 11 is 0. The van der Waals surface area contributed by atoms with Crippen molar-refractivity contribution >= 4 is 11.9 Å².